The lowest BCUT2D eigenvalue weighted by Gasteiger charge is -2.34. The van der Waals surface area contributed by atoms with Crippen molar-refractivity contribution in [1.29, 1.82) is 0 Å². The highest BCUT2D eigenvalue weighted by Gasteiger charge is 2.38. The molecule has 116 valence electrons. The van der Waals surface area contributed by atoms with Gasteiger partial charge in [-0.3, -0.25) is 10.1 Å². The number of nitrogens with zero attached hydrogens (tertiary/aromatic N) is 2. The molecule has 0 saturated carbocycles. The summed E-state index contributed by atoms with van der Waals surface area (Å²) in [4.78, 5) is 17.1. The molecule has 0 aliphatic carbocycles. The summed E-state index contributed by atoms with van der Waals surface area (Å²) < 4.78 is 0. The maximum absolute atomic E-state index is 12.5. The Morgan fingerprint density at radius 2 is 2.00 bits per heavy atom. The first-order valence-corrected chi connectivity index (χ1v) is 8.44. The first-order chi connectivity index (χ1) is 9.63. The van der Waals surface area contributed by atoms with Gasteiger partial charge < -0.3 is 9.80 Å². The van der Waals surface area contributed by atoms with Crippen LogP contribution in [0.4, 0.5) is 0 Å². The van der Waals surface area contributed by atoms with E-state index in [9.17, 15) is 4.79 Å². The molecule has 1 N–H and O–H groups in total. The zero-order valence-electron chi connectivity index (χ0n) is 13.4. The number of nitrogens with one attached hydrogen (secondary N) is 1. The summed E-state index contributed by atoms with van der Waals surface area (Å²) in [6, 6.07) is 0.364. The molecule has 2 fully saturated rings. The Balaban J connectivity index is 1.87. The van der Waals surface area contributed by atoms with Crippen LogP contribution in [0.5, 0.6) is 0 Å². The van der Waals surface area contributed by atoms with Gasteiger partial charge in [-0.15, -0.1) is 0 Å². The molecule has 20 heavy (non-hydrogen) atoms. The van der Waals surface area contributed by atoms with Crippen LogP contribution >= 0.6 is 0 Å². The minimum absolute atomic E-state index is 0.0498. The number of likely N-dealkylation sites (tertiary alicyclic amines) is 1. The van der Waals surface area contributed by atoms with E-state index in [2.05, 4.69) is 35.9 Å². The van der Waals surface area contributed by atoms with Gasteiger partial charge in [-0.05, 0) is 46.2 Å². The number of carbonyl (C=O) groups excluding carboxylic acids is 1. The van der Waals surface area contributed by atoms with E-state index in [0.717, 1.165) is 25.8 Å². The van der Waals surface area contributed by atoms with E-state index in [1.807, 2.05) is 0 Å². The summed E-state index contributed by atoms with van der Waals surface area (Å²) in [7, 11) is 0. The fourth-order valence-electron chi connectivity index (χ4n) is 3.63. The molecular formula is C16H31N3O. The number of rotatable bonds is 6. The van der Waals surface area contributed by atoms with Gasteiger partial charge in [-0.25, -0.2) is 0 Å². The second kappa shape index (κ2) is 7.41. The Labute approximate surface area is 123 Å². The van der Waals surface area contributed by atoms with Crippen LogP contribution in [0, 0.1) is 0 Å². The van der Waals surface area contributed by atoms with E-state index in [4.69, 9.17) is 0 Å². The Kier molecular flexibility index (Phi) is 5.85. The van der Waals surface area contributed by atoms with Gasteiger partial charge in [0.1, 0.15) is 0 Å². The molecule has 3 atom stereocenters. The molecule has 2 rings (SSSR count). The third-order valence-electron chi connectivity index (χ3n) is 4.70. The van der Waals surface area contributed by atoms with Crippen molar-refractivity contribution in [2.45, 2.75) is 77.5 Å². The van der Waals surface area contributed by atoms with Gasteiger partial charge in [0.05, 0.1) is 12.2 Å². The minimum Gasteiger partial charge on any atom is -0.322 e. The van der Waals surface area contributed by atoms with Crippen LogP contribution in [0.2, 0.25) is 0 Å². The molecule has 0 bridgehead atoms. The van der Waals surface area contributed by atoms with Crippen molar-refractivity contribution in [3.8, 4) is 0 Å². The standard InChI is InChI=1S/C16H31N3O/c1-4-5-9-15-16(20)19(14(3)17-15)13(2)12-18-10-7-6-8-11-18/h13-15,17H,4-12H2,1-3H3. The number of unbranched alkanes of at least 4 members (excludes halogenated alkanes) is 1. The quantitative estimate of drug-likeness (QED) is 0.811. The molecule has 2 aliphatic heterocycles. The van der Waals surface area contributed by atoms with Crippen LogP contribution in [0.15, 0.2) is 0 Å². The average molecular weight is 281 g/mol. The molecule has 3 unspecified atom stereocenters. The summed E-state index contributed by atoms with van der Waals surface area (Å²) in [6.45, 7) is 9.93. The zero-order valence-corrected chi connectivity index (χ0v) is 13.4. The number of hydrogen-bond acceptors (Lipinski definition) is 3. The summed E-state index contributed by atoms with van der Waals surface area (Å²) in [5.41, 5.74) is 0. The highest BCUT2D eigenvalue weighted by atomic mass is 16.2. The Morgan fingerprint density at radius 3 is 2.65 bits per heavy atom. The van der Waals surface area contributed by atoms with Crippen LogP contribution < -0.4 is 5.32 Å². The predicted octanol–water partition coefficient (Wildman–Crippen LogP) is 2.20. The van der Waals surface area contributed by atoms with E-state index >= 15 is 0 Å². The second-order valence-electron chi connectivity index (χ2n) is 6.49. The summed E-state index contributed by atoms with van der Waals surface area (Å²) >= 11 is 0. The van der Waals surface area contributed by atoms with Crippen LogP contribution in [0.1, 0.15) is 59.3 Å². The number of piperidine rings is 1. The van der Waals surface area contributed by atoms with Gasteiger partial charge in [0, 0.05) is 12.6 Å². The van der Waals surface area contributed by atoms with Gasteiger partial charge in [0.2, 0.25) is 5.91 Å². The Morgan fingerprint density at radius 1 is 1.30 bits per heavy atom. The van der Waals surface area contributed by atoms with Crippen molar-refractivity contribution in [3.63, 3.8) is 0 Å². The van der Waals surface area contributed by atoms with E-state index in [1.54, 1.807) is 0 Å². The van der Waals surface area contributed by atoms with Gasteiger partial charge in [0.25, 0.3) is 0 Å². The number of amides is 1. The van der Waals surface area contributed by atoms with Crippen molar-refractivity contribution in [1.82, 2.24) is 15.1 Å². The fourth-order valence-corrected chi connectivity index (χ4v) is 3.63. The maximum atomic E-state index is 12.5. The molecule has 0 spiro atoms. The lowest BCUT2D eigenvalue weighted by Crippen LogP contribution is -2.48. The zero-order chi connectivity index (χ0) is 14.5. The molecule has 0 aromatic rings. The van der Waals surface area contributed by atoms with E-state index in [0.29, 0.717) is 11.9 Å². The highest BCUT2D eigenvalue weighted by Crippen LogP contribution is 2.19. The maximum Gasteiger partial charge on any atom is 0.241 e. The second-order valence-corrected chi connectivity index (χ2v) is 6.49. The normalized spacial score (nSPS) is 29.9. The first-order valence-electron chi connectivity index (χ1n) is 8.44. The summed E-state index contributed by atoms with van der Waals surface area (Å²) in [5.74, 6) is 0.315. The molecule has 2 saturated heterocycles. The molecule has 0 radical (unpaired) electrons. The highest BCUT2D eigenvalue weighted by molar-refractivity contribution is 5.84. The topological polar surface area (TPSA) is 35.6 Å². The van der Waals surface area contributed by atoms with Gasteiger partial charge in [-0.2, -0.15) is 0 Å². The lowest BCUT2D eigenvalue weighted by molar-refractivity contribution is -0.132. The summed E-state index contributed by atoms with van der Waals surface area (Å²) in [5, 5.41) is 3.46. The first kappa shape index (κ1) is 15.8. The van der Waals surface area contributed by atoms with Crippen molar-refractivity contribution < 1.29 is 4.79 Å². The molecule has 1 amide bonds. The molecule has 4 heteroatoms. The van der Waals surface area contributed by atoms with Crippen molar-refractivity contribution in [2.24, 2.45) is 0 Å². The van der Waals surface area contributed by atoms with E-state index in [-0.39, 0.29) is 12.2 Å². The molecule has 2 aliphatic rings. The van der Waals surface area contributed by atoms with Crippen LogP contribution in [0.25, 0.3) is 0 Å². The van der Waals surface area contributed by atoms with Gasteiger partial charge in [0.15, 0.2) is 0 Å². The summed E-state index contributed by atoms with van der Waals surface area (Å²) in [6.07, 6.45) is 7.44. The van der Waals surface area contributed by atoms with E-state index < -0.39 is 0 Å². The van der Waals surface area contributed by atoms with Crippen molar-refractivity contribution in [3.05, 3.63) is 0 Å². The van der Waals surface area contributed by atoms with Crippen LogP contribution in [-0.4, -0.2) is 53.6 Å². The lowest BCUT2D eigenvalue weighted by atomic mass is 10.1. The minimum atomic E-state index is 0.0498. The van der Waals surface area contributed by atoms with Gasteiger partial charge >= 0.3 is 0 Å². The number of carbonyl (C=O) groups is 1. The van der Waals surface area contributed by atoms with Crippen LogP contribution in [0.3, 0.4) is 0 Å². The Hall–Kier alpha value is -0.610. The third kappa shape index (κ3) is 3.73. The van der Waals surface area contributed by atoms with Crippen LogP contribution in [-0.2, 0) is 4.79 Å². The molecule has 4 nitrogen and oxygen atoms in total. The molecule has 2 heterocycles. The Bertz CT molecular complexity index is 315. The average Bonchev–Trinajstić information content (AvgIpc) is 2.72. The third-order valence-corrected chi connectivity index (χ3v) is 4.70. The molecule has 0 aromatic heterocycles. The monoisotopic (exact) mass is 281 g/mol. The fraction of sp³-hybridized carbons (Fsp3) is 0.938. The smallest absolute Gasteiger partial charge is 0.241 e. The van der Waals surface area contributed by atoms with Gasteiger partial charge in [-0.1, -0.05) is 26.2 Å². The SMILES string of the molecule is CCCCC1NC(C)N(C(C)CN2CCCCC2)C1=O. The molecule has 0 aromatic carbocycles. The molecular weight excluding hydrogens is 250 g/mol. The number of hydrogen-bond donors (Lipinski definition) is 1. The largest absolute Gasteiger partial charge is 0.322 e. The van der Waals surface area contributed by atoms with Crippen molar-refractivity contribution >= 4 is 5.91 Å². The van der Waals surface area contributed by atoms with E-state index in [1.165, 1.54) is 32.4 Å². The van der Waals surface area contributed by atoms with Crippen molar-refractivity contribution in [2.75, 3.05) is 19.6 Å². The predicted molar refractivity (Wildman–Crippen MR) is 82.5 cm³/mol.